The molecule has 1 aromatic heterocycles. The number of aryl methyl sites for hydroxylation is 3. The van der Waals surface area contributed by atoms with Crippen LogP contribution in [0.1, 0.15) is 23.6 Å². The molecule has 3 rings (SSSR count). The smallest absolute Gasteiger partial charge is 0.237 e. The van der Waals surface area contributed by atoms with Gasteiger partial charge in [-0.2, -0.15) is 4.68 Å². The highest BCUT2D eigenvalue weighted by molar-refractivity contribution is 8.00. The lowest BCUT2D eigenvalue weighted by molar-refractivity contribution is -0.115. The lowest BCUT2D eigenvalue weighted by Gasteiger charge is -2.14. The van der Waals surface area contributed by atoms with Crippen molar-refractivity contribution >= 4 is 35.0 Å². The van der Waals surface area contributed by atoms with E-state index in [1.807, 2.05) is 52.0 Å². The number of anilines is 1. The molecule has 1 amide bonds. The highest BCUT2D eigenvalue weighted by atomic mass is 35.5. The summed E-state index contributed by atoms with van der Waals surface area (Å²) in [6.07, 6.45) is 0. The van der Waals surface area contributed by atoms with Crippen molar-refractivity contribution in [2.24, 2.45) is 0 Å². The molecular formula is C19H20ClN5OS. The van der Waals surface area contributed by atoms with Gasteiger partial charge in [-0.1, -0.05) is 41.6 Å². The maximum Gasteiger partial charge on any atom is 0.237 e. The fraction of sp³-hybridized carbons (Fsp3) is 0.263. The number of rotatable bonds is 5. The summed E-state index contributed by atoms with van der Waals surface area (Å²) < 4.78 is 1.67. The van der Waals surface area contributed by atoms with Crippen LogP contribution in [0.2, 0.25) is 5.02 Å². The van der Waals surface area contributed by atoms with E-state index in [-0.39, 0.29) is 5.91 Å². The van der Waals surface area contributed by atoms with Gasteiger partial charge in [0.15, 0.2) is 0 Å². The molecule has 1 heterocycles. The first-order valence-electron chi connectivity index (χ1n) is 8.45. The zero-order valence-corrected chi connectivity index (χ0v) is 17.1. The molecule has 0 spiro atoms. The minimum atomic E-state index is -0.391. The molecule has 1 N–H and O–H groups in total. The summed E-state index contributed by atoms with van der Waals surface area (Å²) in [5.41, 5.74) is 4.73. The van der Waals surface area contributed by atoms with Crippen molar-refractivity contribution in [1.82, 2.24) is 20.2 Å². The summed E-state index contributed by atoms with van der Waals surface area (Å²) in [5, 5.41) is 15.6. The molecule has 0 radical (unpaired) electrons. The number of benzene rings is 2. The van der Waals surface area contributed by atoms with Crippen LogP contribution in [-0.2, 0) is 4.79 Å². The Labute approximate surface area is 167 Å². The number of thioether (sulfide) groups is 1. The molecule has 0 saturated heterocycles. The summed E-state index contributed by atoms with van der Waals surface area (Å²) in [4.78, 5) is 12.6. The van der Waals surface area contributed by atoms with Gasteiger partial charge in [0.1, 0.15) is 0 Å². The highest BCUT2D eigenvalue weighted by Gasteiger charge is 2.20. The van der Waals surface area contributed by atoms with E-state index in [0.717, 1.165) is 22.4 Å². The van der Waals surface area contributed by atoms with Crippen LogP contribution in [0.5, 0.6) is 0 Å². The van der Waals surface area contributed by atoms with Crippen LogP contribution in [0, 0.1) is 20.8 Å². The largest absolute Gasteiger partial charge is 0.325 e. The van der Waals surface area contributed by atoms with Gasteiger partial charge >= 0.3 is 0 Å². The van der Waals surface area contributed by atoms with E-state index in [4.69, 9.17) is 11.6 Å². The van der Waals surface area contributed by atoms with Gasteiger partial charge in [0, 0.05) is 10.7 Å². The highest BCUT2D eigenvalue weighted by Crippen LogP contribution is 2.27. The van der Waals surface area contributed by atoms with Crippen molar-refractivity contribution in [2.75, 3.05) is 5.32 Å². The first kappa shape index (κ1) is 19.4. The first-order chi connectivity index (χ1) is 12.8. The van der Waals surface area contributed by atoms with Crippen molar-refractivity contribution in [3.63, 3.8) is 0 Å². The Bertz CT molecular complexity index is 988. The number of carbonyl (C=O) groups is 1. The number of aromatic nitrogens is 4. The second kappa shape index (κ2) is 8.10. The van der Waals surface area contributed by atoms with Crippen LogP contribution in [-0.4, -0.2) is 31.4 Å². The van der Waals surface area contributed by atoms with Gasteiger partial charge in [-0.15, -0.1) is 5.10 Å². The van der Waals surface area contributed by atoms with Crippen LogP contribution in [0.3, 0.4) is 0 Å². The van der Waals surface area contributed by atoms with Crippen LogP contribution < -0.4 is 5.32 Å². The molecule has 0 unspecified atom stereocenters. The lowest BCUT2D eigenvalue weighted by Crippen LogP contribution is -2.23. The first-order valence-corrected chi connectivity index (χ1v) is 9.70. The number of carbonyl (C=O) groups excluding carboxylic acids is 1. The number of amides is 1. The SMILES string of the molecule is Cc1ccc(C)c(-n2nnnc2S[C@@H](C)C(=O)Nc2cc(Cl)ccc2C)c1. The molecule has 6 nitrogen and oxygen atoms in total. The molecule has 0 bridgehead atoms. The molecule has 0 aliphatic heterocycles. The summed E-state index contributed by atoms with van der Waals surface area (Å²) in [6.45, 7) is 7.76. The summed E-state index contributed by atoms with van der Waals surface area (Å²) in [6, 6.07) is 11.5. The molecule has 140 valence electrons. The van der Waals surface area contributed by atoms with Gasteiger partial charge in [-0.05, 0) is 73.0 Å². The van der Waals surface area contributed by atoms with Crippen LogP contribution in [0.4, 0.5) is 5.69 Å². The van der Waals surface area contributed by atoms with Gasteiger partial charge in [0.25, 0.3) is 0 Å². The molecule has 8 heteroatoms. The molecule has 0 fully saturated rings. The predicted molar refractivity (Wildman–Crippen MR) is 109 cm³/mol. The molecule has 1 atom stereocenters. The quantitative estimate of drug-likeness (QED) is 0.643. The number of tetrazole rings is 1. The van der Waals surface area contributed by atoms with E-state index >= 15 is 0 Å². The van der Waals surface area contributed by atoms with Gasteiger partial charge in [-0.3, -0.25) is 4.79 Å². The van der Waals surface area contributed by atoms with E-state index in [1.54, 1.807) is 16.8 Å². The minimum Gasteiger partial charge on any atom is -0.325 e. The maximum absolute atomic E-state index is 12.6. The van der Waals surface area contributed by atoms with Gasteiger partial charge in [-0.25, -0.2) is 0 Å². The number of nitrogens with one attached hydrogen (secondary N) is 1. The average molecular weight is 402 g/mol. The third-order valence-electron chi connectivity index (χ3n) is 4.14. The maximum atomic E-state index is 12.6. The van der Waals surface area contributed by atoms with Crippen LogP contribution in [0.25, 0.3) is 5.69 Å². The average Bonchev–Trinajstić information content (AvgIpc) is 3.08. The van der Waals surface area contributed by atoms with Gasteiger partial charge in [0.05, 0.1) is 10.9 Å². The van der Waals surface area contributed by atoms with Gasteiger partial charge < -0.3 is 5.32 Å². The molecule has 27 heavy (non-hydrogen) atoms. The monoisotopic (exact) mass is 401 g/mol. The van der Waals surface area contributed by atoms with Crippen molar-refractivity contribution in [1.29, 1.82) is 0 Å². The topological polar surface area (TPSA) is 72.7 Å². The van der Waals surface area contributed by atoms with Crippen molar-refractivity contribution < 1.29 is 4.79 Å². The summed E-state index contributed by atoms with van der Waals surface area (Å²) in [5.74, 6) is -0.138. The third-order valence-corrected chi connectivity index (χ3v) is 5.41. The molecule has 0 aliphatic rings. The predicted octanol–water partition coefficient (Wildman–Crippen LogP) is 4.36. The van der Waals surface area contributed by atoms with Crippen LogP contribution in [0.15, 0.2) is 41.6 Å². The standard InChI is InChI=1S/C19H20ClN5OS/c1-11-5-6-13(3)17(9-11)25-19(22-23-24-25)27-14(4)18(26)21-16-10-15(20)8-7-12(16)2/h5-10,14H,1-4H3,(H,21,26)/t14-/m0/s1. The zero-order valence-electron chi connectivity index (χ0n) is 15.5. The Morgan fingerprint density at radius 3 is 2.67 bits per heavy atom. The van der Waals surface area contributed by atoms with Crippen LogP contribution >= 0.6 is 23.4 Å². The van der Waals surface area contributed by atoms with Gasteiger partial charge in [0.2, 0.25) is 11.1 Å². The van der Waals surface area contributed by atoms with E-state index in [2.05, 4.69) is 20.8 Å². The molecule has 0 saturated carbocycles. The lowest BCUT2D eigenvalue weighted by atomic mass is 10.1. The van der Waals surface area contributed by atoms with E-state index < -0.39 is 5.25 Å². The Morgan fingerprint density at radius 1 is 1.15 bits per heavy atom. The minimum absolute atomic E-state index is 0.138. The van der Waals surface area contributed by atoms with Crippen molar-refractivity contribution in [3.05, 3.63) is 58.1 Å². The Balaban J connectivity index is 1.78. The number of hydrogen-bond acceptors (Lipinski definition) is 5. The second-order valence-electron chi connectivity index (χ2n) is 6.37. The molecular weight excluding hydrogens is 382 g/mol. The van der Waals surface area contributed by atoms with E-state index in [9.17, 15) is 4.79 Å². The van der Waals surface area contributed by atoms with Crippen molar-refractivity contribution in [3.8, 4) is 5.69 Å². The second-order valence-corrected chi connectivity index (χ2v) is 8.12. The number of hydrogen-bond donors (Lipinski definition) is 1. The summed E-state index contributed by atoms with van der Waals surface area (Å²) >= 11 is 7.33. The Kier molecular flexibility index (Phi) is 5.82. The molecule has 0 aliphatic carbocycles. The Hall–Kier alpha value is -2.38. The van der Waals surface area contributed by atoms with Crippen molar-refractivity contribution in [2.45, 2.75) is 38.1 Å². The number of nitrogens with zero attached hydrogens (tertiary/aromatic N) is 4. The molecule has 3 aromatic rings. The fourth-order valence-corrected chi connectivity index (χ4v) is 3.50. The summed E-state index contributed by atoms with van der Waals surface area (Å²) in [7, 11) is 0. The normalized spacial score (nSPS) is 12.0. The molecule has 2 aromatic carbocycles. The fourth-order valence-electron chi connectivity index (χ4n) is 2.53. The van der Waals surface area contributed by atoms with E-state index in [0.29, 0.717) is 15.9 Å². The Morgan fingerprint density at radius 2 is 1.89 bits per heavy atom. The number of halogens is 1. The van der Waals surface area contributed by atoms with E-state index in [1.165, 1.54) is 11.8 Å². The zero-order chi connectivity index (χ0) is 19.6. The third kappa shape index (κ3) is 4.48.